The number of nitrogens with zero attached hydrogens (tertiary/aromatic N) is 1. The van der Waals surface area contributed by atoms with Crippen molar-refractivity contribution in [3.8, 4) is 0 Å². The van der Waals surface area contributed by atoms with Gasteiger partial charge in [0.25, 0.3) is 0 Å². The van der Waals surface area contributed by atoms with E-state index in [0.29, 0.717) is 12.2 Å². The predicted molar refractivity (Wildman–Crippen MR) is 117 cm³/mol. The van der Waals surface area contributed by atoms with Gasteiger partial charge < -0.3 is 10.2 Å². The molecule has 2 N–H and O–H groups in total. The normalized spacial score (nSPS) is 12.4. The monoisotopic (exact) mass is 431 g/mol. The summed E-state index contributed by atoms with van der Waals surface area (Å²) >= 11 is 0. The number of hydrogen-bond donors (Lipinski definition) is 2. The van der Waals surface area contributed by atoms with Crippen LogP contribution in [0.3, 0.4) is 0 Å². The second-order valence-corrected chi connectivity index (χ2v) is 9.33. The Hall–Kier alpha value is -2.71. The van der Waals surface area contributed by atoms with Crippen LogP contribution in [0.15, 0.2) is 59.5 Å². The van der Waals surface area contributed by atoms with Crippen LogP contribution in [0.2, 0.25) is 0 Å². The second kappa shape index (κ2) is 10.4. The molecule has 8 heteroatoms. The molecule has 30 heavy (non-hydrogen) atoms. The van der Waals surface area contributed by atoms with Crippen molar-refractivity contribution >= 4 is 27.5 Å². The fourth-order valence-electron chi connectivity index (χ4n) is 2.89. The SMILES string of the molecule is CC(=O)Nc1ccc(S(=O)(=O)N[C@H](CC(=O)N(C)Cc2ccccc2)C(C)C)cc1. The Morgan fingerprint density at radius 3 is 2.13 bits per heavy atom. The first-order valence-corrected chi connectivity index (χ1v) is 11.2. The van der Waals surface area contributed by atoms with Crippen LogP contribution >= 0.6 is 0 Å². The molecule has 2 aromatic carbocycles. The molecule has 0 aliphatic rings. The van der Waals surface area contributed by atoms with Crippen molar-refractivity contribution < 1.29 is 18.0 Å². The Bertz CT molecular complexity index is 958. The maximum atomic E-state index is 12.8. The minimum Gasteiger partial charge on any atom is -0.341 e. The number of anilines is 1. The maximum Gasteiger partial charge on any atom is 0.240 e. The van der Waals surface area contributed by atoms with Crippen molar-refractivity contribution in [1.82, 2.24) is 9.62 Å². The van der Waals surface area contributed by atoms with Crippen molar-refractivity contribution in [3.63, 3.8) is 0 Å². The third-order valence-corrected chi connectivity index (χ3v) is 6.18. The summed E-state index contributed by atoms with van der Waals surface area (Å²) in [7, 11) is -2.10. The Morgan fingerprint density at radius 2 is 1.60 bits per heavy atom. The molecule has 0 saturated carbocycles. The lowest BCUT2D eigenvalue weighted by atomic mass is 10.0. The van der Waals surface area contributed by atoms with Gasteiger partial charge in [-0.1, -0.05) is 44.2 Å². The molecule has 0 aliphatic heterocycles. The average molecular weight is 432 g/mol. The molecule has 0 aliphatic carbocycles. The molecule has 2 aromatic rings. The van der Waals surface area contributed by atoms with E-state index in [-0.39, 0.29) is 29.0 Å². The molecule has 0 heterocycles. The van der Waals surface area contributed by atoms with Crippen LogP contribution in [-0.2, 0) is 26.2 Å². The summed E-state index contributed by atoms with van der Waals surface area (Å²) in [5.41, 5.74) is 1.52. The van der Waals surface area contributed by atoms with Gasteiger partial charge in [-0.3, -0.25) is 9.59 Å². The van der Waals surface area contributed by atoms with E-state index in [4.69, 9.17) is 0 Å². The highest BCUT2D eigenvalue weighted by molar-refractivity contribution is 7.89. The van der Waals surface area contributed by atoms with Gasteiger partial charge in [-0.05, 0) is 35.7 Å². The average Bonchev–Trinajstić information content (AvgIpc) is 2.68. The smallest absolute Gasteiger partial charge is 0.240 e. The van der Waals surface area contributed by atoms with E-state index >= 15 is 0 Å². The number of carbonyl (C=O) groups is 2. The molecule has 7 nitrogen and oxygen atoms in total. The summed E-state index contributed by atoms with van der Waals surface area (Å²) in [4.78, 5) is 25.5. The fourth-order valence-corrected chi connectivity index (χ4v) is 4.28. The predicted octanol–water partition coefficient (Wildman–Crippen LogP) is 3.00. The molecule has 0 aromatic heterocycles. The lowest BCUT2D eigenvalue weighted by molar-refractivity contribution is -0.131. The fraction of sp³-hybridized carbons (Fsp3) is 0.364. The van der Waals surface area contributed by atoms with Gasteiger partial charge in [0.15, 0.2) is 0 Å². The van der Waals surface area contributed by atoms with Crippen molar-refractivity contribution in [2.45, 2.75) is 44.7 Å². The molecule has 0 spiro atoms. The lowest BCUT2D eigenvalue weighted by Crippen LogP contribution is -2.42. The van der Waals surface area contributed by atoms with Crippen molar-refractivity contribution in [3.05, 3.63) is 60.2 Å². The Labute approximate surface area is 178 Å². The summed E-state index contributed by atoms with van der Waals surface area (Å²) in [5.74, 6) is -0.449. The molecule has 1 atom stereocenters. The maximum absolute atomic E-state index is 12.8. The zero-order valence-electron chi connectivity index (χ0n) is 17.8. The highest BCUT2D eigenvalue weighted by Crippen LogP contribution is 2.17. The molecular weight excluding hydrogens is 402 g/mol. The van der Waals surface area contributed by atoms with Crippen molar-refractivity contribution in [2.24, 2.45) is 5.92 Å². The largest absolute Gasteiger partial charge is 0.341 e. The highest BCUT2D eigenvalue weighted by atomic mass is 32.2. The zero-order chi connectivity index (χ0) is 22.3. The highest BCUT2D eigenvalue weighted by Gasteiger charge is 2.26. The number of benzene rings is 2. The van der Waals surface area contributed by atoms with Crippen LogP contribution in [0.1, 0.15) is 32.8 Å². The molecule has 0 unspecified atom stereocenters. The first kappa shape index (κ1) is 23.6. The topological polar surface area (TPSA) is 95.6 Å². The van der Waals surface area contributed by atoms with E-state index in [9.17, 15) is 18.0 Å². The number of carbonyl (C=O) groups excluding carboxylic acids is 2. The number of sulfonamides is 1. The number of rotatable bonds is 9. The molecule has 0 bridgehead atoms. The van der Waals surface area contributed by atoms with Gasteiger partial charge in [-0.2, -0.15) is 0 Å². The van der Waals surface area contributed by atoms with E-state index < -0.39 is 16.1 Å². The summed E-state index contributed by atoms with van der Waals surface area (Å²) in [6.07, 6.45) is 0.0597. The standard InChI is InChI=1S/C22H29N3O4S/c1-16(2)21(14-22(27)25(4)15-18-8-6-5-7-9-18)24-30(28,29)20-12-10-19(11-13-20)23-17(3)26/h5-13,16,21,24H,14-15H2,1-4H3,(H,23,26)/t21-/m1/s1. The number of amides is 2. The van der Waals surface area contributed by atoms with Gasteiger partial charge in [0.2, 0.25) is 21.8 Å². The first-order valence-electron chi connectivity index (χ1n) is 9.76. The number of hydrogen-bond acceptors (Lipinski definition) is 4. The van der Waals surface area contributed by atoms with Crippen molar-refractivity contribution in [1.29, 1.82) is 0 Å². The third-order valence-electron chi connectivity index (χ3n) is 4.68. The molecule has 0 saturated heterocycles. The summed E-state index contributed by atoms with van der Waals surface area (Å²) in [6.45, 7) is 5.59. The van der Waals surface area contributed by atoms with Crippen LogP contribution in [0, 0.1) is 5.92 Å². The minimum absolute atomic E-state index is 0.0597. The second-order valence-electron chi connectivity index (χ2n) is 7.62. The van der Waals surface area contributed by atoms with E-state index in [1.54, 1.807) is 11.9 Å². The van der Waals surface area contributed by atoms with Crippen LogP contribution in [-0.4, -0.2) is 38.2 Å². The van der Waals surface area contributed by atoms with Gasteiger partial charge >= 0.3 is 0 Å². The van der Waals surface area contributed by atoms with Gasteiger partial charge in [0, 0.05) is 38.7 Å². The van der Waals surface area contributed by atoms with Crippen molar-refractivity contribution in [2.75, 3.05) is 12.4 Å². The first-order chi connectivity index (χ1) is 14.1. The molecule has 2 amide bonds. The molecule has 0 fully saturated rings. The van der Waals surface area contributed by atoms with Crippen LogP contribution < -0.4 is 10.0 Å². The summed E-state index contributed by atoms with van der Waals surface area (Å²) < 4.78 is 28.3. The summed E-state index contributed by atoms with van der Waals surface area (Å²) in [6, 6.07) is 15.0. The van der Waals surface area contributed by atoms with Gasteiger partial charge in [0.1, 0.15) is 0 Å². The van der Waals surface area contributed by atoms with E-state index in [1.165, 1.54) is 31.2 Å². The quantitative estimate of drug-likeness (QED) is 0.638. The molecule has 0 radical (unpaired) electrons. The van der Waals surface area contributed by atoms with E-state index in [0.717, 1.165) is 5.56 Å². The molecule has 162 valence electrons. The zero-order valence-corrected chi connectivity index (χ0v) is 18.6. The Morgan fingerprint density at radius 1 is 1.00 bits per heavy atom. The van der Waals surface area contributed by atoms with Crippen LogP contribution in [0.5, 0.6) is 0 Å². The van der Waals surface area contributed by atoms with Gasteiger partial charge in [-0.25, -0.2) is 13.1 Å². The van der Waals surface area contributed by atoms with Gasteiger partial charge in [0.05, 0.1) is 4.90 Å². The van der Waals surface area contributed by atoms with E-state index in [2.05, 4.69) is 10.0 Å². The minimum atomic E-state index is -3.81. The van der Waals surface area contributed by atoms with Crippen LogP contribution in [0.25, 0.3) is 0 Å². The number of nitrogens with one attached hydrogen (secondary N) is 2. The Kier molecular flexibility index (Phi) is 8.14. The molecular formula is C22H29N3O4S. The van der Waals surface area contributed by atoms with E-state index in [1.807, 2.05) is 44.2 Å². The van der Waals surface area contributed by atoms with Crippen LogP contribution in [0.4, 0.5) is 5.69 Å². The molecule has 2 rings (SSSR count). The van der Waals surface area contributed by atoms with Gasteiger partial charge in [-0.15, -0.1) is 0 Å². The summed E-state index contributed by atoms with van der Waals surface area (Å²) in [5, 5.41) is 2.60. The lowest BCUT2D eigenvalue weighted by Gasteiger charge is -2.25. The Balaban J connectivity index is 2.06. The third kappa shape index (κ3) is 6.96.